The van der Waals surface area contributed by atoms with E-state index in [9.17, 15) is 0 Å². The van der Waals surface area contributed by atoms with E-state index in [0.29, 0.717) is 0 Å². The molecule has 0 spiro atoms. The predicted molar refractivity (Wildman–Crippen MR) is 94.1 cm³/mol. The summed E-state index contributed by atoms with van der Waals surface area (Å²) >= 11 is 0. The van der Waals surface area contributed by atoms with Gasteiger partial charge in [-0.15, -0.1) is 0 Å². The summed E-state index contributed by atoms with van der Waals surface area (Å²) < 4.78 is 7.31. The van der Waals surface area contributed by atoms with Gasteiger partial charge in [-0.2, -0.15) is 5.10 Å². The van der Waals surface area contributed by atoms with Gasteiger partial charge in [0.1, 0.15) is 5.75 Å². The molecule has 0 aliphatic carbocycles. The molecule has 1 heterocycles. The number of hydrogen-bond donors (Lipinski definition) is 1. The highest BCUT2D eigenvalue weighted by Crippen LogP contribution is 2.20. The zero-order valence-corrected chi connectivity index (χ0v) is 13.7. The largest absolute Gasteiger partial charge is 0.497 e. The first-order valence-electron chi connectivity index (χ1n) is 8.10. The number of nitrogens with zero attached hydrogens (tertiary/aromatic N) is 2. The first-order valence-corrected chi connectivity index (χ1v) is 8.10. The molecule has 0 saturated heterocycles. The van der Waals surface area contributed by atoms with Gasteiger partial charge in [0, 0.05) is 18.4 Å². The van der Waals surface area contributed by atoms with E-state index in [2.05, 4.69) is 53.3 Å². The molecule has 4 nitrogen and oxygen atoms in total. The Morgan fingerprint density at radius 1 is 1.09 bits per heavy atom. The highest BCUT2D eigenvalue weighted by atomic mass is 16.5. The number of para-hydroxylation sites is 1. The Bertz CT molecular complexity index is 762. The van der Waals surface area contributed by atoms with Crippen molar-refractivity contribution < 1.29 is 4.74 Å². The molecular formula is C19H23N3O. The van der Waals surface area contributed by atoms with Crippen LogP contribution < -0.4 is 10.1 Å². The fourth-order valence-corrected chi connectivity index (χ4v) is 2.79. The molecule has 0 aliphatic rings. The third-order valence-corrected chi connectivity index (χ3v) is 4.01. The molecule has 0 atom stereocenters. The molecule has 0 fully saturated rings. The zero-order chi connectivity index (χ0) is 16.1. The van der Waals surface area contributed by atoms with E-state index in [4.69, 9.17) is 9.84 Å². The molecule has 1 aromatic heterocycles. The van der Waals surface area contributed by atoms with Gasteiger partial charge in [-0.05, 0) is 30.3 Å². The van der Waals surface area contributed by atoms with Crippen LogP contribution in [0.5, 0.6) is 5.75 Å². The highest BCUT2D eigenvalue weighted by Gasteiger charge is 2.10. The lowest BCUT2D eigenvalue weighted by Gasteiger charge is -2.05. The second kappa shape index (κ2) is 7.29. The number of benzene rings is 2. The lowest BCUT2D eigenvalue weighted by molar-refractivity contribution is 0.414. The molecule has 4 heteroatoms. The first kappa shape index (κ1) is 15.6. The molecule has 23 heavy (non-hydrogen) atoms. The van der Waals surface area contributed by atoms with Gasteiger partial charge in [0.15, 0.2) is 0 Å². The summed E-state index contributed by atoms with van der Waals surface area (Å²) in [7, 11) is 1.69. The van der Waals surface area contributed by atoms with Crippen LogP contribution in [-0.2, 0) is 13.0 Å². The number of hydrogen-bond acceptors (Lipinski definition) is 3. The Morgan fingerprint density at radius 3 is 2.61 bits per heavy atom. The Morgan fingerprint density at radius 2 is 1.87 bits per heavy atom. The third kappa shape index (κ3) is 3.54. The molecular weight excluding hydrogens is 286 g/mol. The smallest absolute Gasteiger partial charge is 0.118 e. The molecule has 0 saturated carbocycles. The number of aromatic nitrogens is 2. The van der Waals surface area contributed by atoms with Crippen molar-refractivity contribution in [2.45, 2.75) is 19.9 Å². The number of methoxy groups -OCH3 is 1. The lowest BCUT2D eigenvalue weighted by atomic mass is 10.1. The fourth-order valence-electron chi connectivity index (χ4n) is 2.79. The van der Waals surface area contributed by atoms with Gasteiger partial charge >= 0.3 is 0 Å². The van der Waals surface area contributed by atoms with Crippen LogP contribution in [0, 0.1) is 0 Å². The van der Waals surface area contributed by atoms with Gasteiger partial charge in [-0.3, -0.25) is 4.68 Å². The van der Waals surface area contributed by atoms with Crippen LogP contribution >= 0.6 is 0 Å². The van der Waals surface area contributed by atoms with Crippen LogP contribution in [0.3, 0.4) is 0 Å². The number of rotatable bonds is 7. The standard InChI is InChI=1S/C19H23N3O/c1-3-20-13-12-18-17-6-4-5-7-19(17)22(21-18)14-15-8-10-16(23-2)11-9-15/h4-11,20H,3,12-14H2,1-2H3. The van der Waals surface area contributed by atoms with Gasteiger partial charge in [0.05, 0.1) is 24.9 Å². The van der Waals surface area contributed by atoms with E-state index in [-0.39, 0.29) is 0 Å². The summed E-state index contributed by atoms with van der Waals surface area (Å²) in [5.41, 5.74) is 3.57. The molecule has 0 unspecified atom stereocenters. The normalized spacial score (nSPS) is 11.0. The minimum atomic E-state index is 0.770. The molecule has 0 radical (unpaired) electrons. The maximum absolute atomic E-state index is 5.22. The minimum Gasteiger partial charge on any atom is -0.497 e. The van der Waals surface area contributed by atoms with Crippen molar-refractivity contribution in [1.29, 1.82) is 0 Å². The molecule has 2 aromatic carbocycles. The number of fused-ring (bicyclic) bond motifs is 1. The quantitative estimate of drug-likeness (QED) is 0.681. The van der Waals surface area contributed by atoms with Crippen molar-refractivity contribution in [3.05, 3.63) is 59.8 Å². The maximum Gasteiger partial charge on any atom is 0.118 e. The Labute approximate surface area is 137 Å². The van der Waals surface area contributed by atoms with Crippen molar-refractivity contribution in [2.75, 3.05) is 20.2 Å². The summed E-state index contributed by atoms with van der Waals surface area (Å²) in [4.78, 5) is 0. The second-order valence-electron chi connectivity index (χ2n) is 5.57. The molecule has 120 valence electrons. The van der Waals surface area contributed by atoms with Gasteiger partial charge in [0.2, 0.25) is 0 Å². The van der Waals surface area contributed by atoms with Crippen LogP contribution in [0.1, 0.15) is 18.2 Å². The molecule has 0 amide bonds. The fraction of sp³-hybridized carbons (Fsp3) is 0.316. The third-order valence-electron chi connectivity index (χ3n) is 4.01. The van der Waals surface area contributed by atoms with Crippen LogP contribution in [0.4, 0.5) is 0 Å². The van der Waals surface area contributed by atoms with E-state index in [1.807, 2.05) is 12.1 Å². The maximum atomic E-state index is 5.22. The minimum absolute atomic E-state index is 0.770. The SMILES string of the molecule is CCNCCc1nn(Cc2ccc(OC)cc2)c2ccccc12. The first-order chi connectivity index (χ1) is 11.3. The number of likely N-dealkylation sites (N-methyl/N-ethyl adjacent to an activating group) is 1. The molecule has 3 rings (SSSR count). The van der Waals surface area contributed by atoms with E-state index >= 15 is 0 Å². The molecule has 1 N–H and O–H groups in total. The topological polar surface area (TPSA) is 39.1 Å². The van der Waals surface area contributed by atoms with Crippen molar-refractivity contribution in [3.63, 3.8) is 0 Å². The summed E-state index contributed by atoms with van der Waals surface area (Å²) in [5, 5.41) is 9.46. The van der Waals surface area contributed by atoms with Crippen molar-refractivity contribution >= 4 is 10.9 Å². The van der Waals surface area contributed by atoms with E-state index in [1.165, 1.54) is 16.5 Å². The van der Waals surface area contributed by atoms with E-state index in [1.54, 1.807) is 7.11 Å². The van der Waals surface area contributed by atoms with Crippen LogP contribution in [0.15, 0.2) is 48.5 Å². The summed E-state index contributed by atoms with van der Waals surface area (Å²) in [5.74, 6) is 0.880. The summed E-state index contributed by atoms with van der Waals surface area (Å²) in [6, 6.07) is 16.6. The van der Waals surface area contributed by atoms with Gasteiger partial charge in [-0.25, -0.2) is 0 Å². The Hall–Kier alpha value is -2.33. The lowest BCUT2D eigenvalue weighted by Crippen LogP contribution is -2.16. The van der Waals surface area contributed by atoms with Crippen molar-refractivity contribution in [2.24, 2.45) is 0 Å². The van der Waals surface area contributed by atoms with Crippen molar-refractivity contribution in [3.8, 4) is 5.75 Å². The average Bonchev–Trinajstić information content (AvgIpc) is 2.94. The molecule has 3 aromatic rings. The molecule has 0 bridgehead atoms. The van der Waals surface area contributed by atoms with Gasteiger partial charge < -0.3 is 10.1 Å². The van der Waals surface area contributed by atoms with Crippen LogP contribution in [0.2, 0.25) is 0 Å². The number of ether oxygens (including phenoxy) is 1. The van der Waals surface area contributed by atoms with Crippen LogP contribution in [0.25, 0.3) is 10.9 Å². The highest BCUT2D eigenvalue weighted by molar-refractivity contribution is 5.82. The predicted octanol–water partition coefficient (Wildman–Crippen LogP) is 3.25. The van der Waals surface area contributed by atoms with Gasteiger partial charge in [0.25, 0.3) is 0 Å². The summed E-state index contributed by atoms with van der Waals surface area (Å²) in [6.45, 7) is 4.84. The van der Waals surface area contributed by atoms with E-state index in [0.717, 1.165) is 37.5 Å². The van der Waals surface area contributed by atoms with E-state index < -0.39 is 0 Å². The Kier molecular flexibility index (Phi) is 4.93. The second-order valence-corrected chi connectivity index (χ2v) is 5.57. The molecule has 0 aliphatic heterocycles. The van der Waals surface area contributed by atoms with Crippen LogP contribution in [-0.4, -0.2) is 30.0 Å². The van der Waals surface area contributed by atoms with Gasteiger partial charge in [-0.1, -0.05) is 37.3 Å². The zero-order valence-electron chi connectivity index (χ0n) is 13.7. The Balaban J connectivity index is 1.87. The van der Waals surface area contributed by atoms with Crippen molar-refractivity contribution in [1.82, 2.24) is 15.1 Å². The number of nitrogens with one attached hydrogen (secondary N) is 1. The summed E-state index contributed by atoms with van der Waals surface area (Å²) in [6.07, 6.45) is 0.948. The average molecular weight is 309 g/mol. The monoisotopic (exact) mass is 309 g/mol.